The lowest BCUT2D eigenvalue weighted by Gasteiger charge is -2.10. The molecule has 0 atom stereocenters. The van der Waals surface area contributed by atoms with Crippen LogP contribution in [0.1, 0.15) is 31.2 Å². The Kier molecular flexibility index (Phi) is 9.08. The van der Waals surface area contributed by atoms with Gasteiger partial charge in [0, 0.05) is 17.3 Å². The zero-order valence-electron chi connectivity index (χ0n) is 13.4. The van der Waals surface area contributed by atoms with Crippen molar-refractivity contribution in [2.24, 2.45) is 5.92 Å². The van der Waals surface area contributed by atoms with E-state index in [1.165, 1.54) is 19.8 Å². The van der Waals surface area contributed by atoms with Crippen molar-refractivity contribution in [1.82, 2.24) is 0 Å². The molecule has 1 rings (SSSR count). The number of ether oxygens (including phenoxy) is 2. The molecule has 0 spiro atoms. The molecular weight excluding hydrogens is 360 g/mol. The molecule has 5 heteroatoms. The summed E-state index contributed by atoms with van der Waals surface area (Å²) in [6, 6.07) is 8.08. The van der Waals surface area contributed by atoms with Gasteiger partial charge in [0.1, 0.15) is 0 Å². The predicted octanol–water partition coefficient (Wildman–Crippen LogP) is 3.52. The fourth-order valence-corrected chi connectivity index (χ4v) is 2.57. The van der Waals surface area contributed by atoms with Crippen LogP contribution >= 0.6 is 15.9 Å². The number of carbonyl (C=O) groups is 2. The number of carbonyl (C=O) groups excluding carboxylic acids is 2. The smallest absolute Gasteiger partial charge is 0.320 e. The highest BCUT2D eigenvalue weighted by Crippen LogP contribution is 2.17. The fraction of sp³-hybridized carbons (Fsp3) is 0.444. The first-order valence-corrected chi connectivity index (χ1v) is 8.24. The van der Waals surface area contributed by atoms with Crippen LogP contribution < -0.4 is 0 Å². The number of halogens is 1. The summed E-state index contributed by atoms with van der Waals surface area (Å²) in [4.78, 5) is 23.0. The maximum atomic E-state index is 11.5. The summed E-state index contributed by atoms with van der Waals surface area (Å²) < 4.78 is 10.3. The maximum Gasteiger partial charge on any atom is 0.320 e. The molecule has 0 saturated heterocycles. The zero-order chi connectivity index (χ0) is 17.1. The Morgan fingerprint density at radius 3 is 2.30 bits per heavy atom. The third-order valence-corrected chi connectivity index (χ3v) is 4.14. The topological polar surface area (TPSA) is 52.6 Å². The number of methoxy groups -OCH3 is 2. The molecule has 0 aromatic heterocycles. The number of benzene rings is 1. The first-order chi connectivity index (χ1) is 11.1. The number of unbranched alkanes of at least 4 members (excludes halogenated alkanes) is 1. The highest BCUT2D eigenvalue weighted by Gasteiger charge is 2.27. The lowest BCUT2D eigenvalue weighted by atomic mass is 10.0. The summed E-state index contributed by atoms with van der Waals surface area (Å²) >= 11 is 3.51. The van der Waals surface area contributed by atoms with Crippen LogP contribution in [0.15, 0.2) is 28.7 Å². The quantitative estimate of drug-likeness (QED) is 0.314. The third-order valence-electron chi connectivity index (χ3n) is 3.37. The maximum absolute atomic E-state index is 11.5. The van der Waals surface area contributed by atoms with Gasteiger partial charge in [0.2, 0.25) is 0 Å². The summed E-state index contributed by atoms with van der Waals surface area (Å²) in [7, 11) is 2.53. The largest absolute Gasteiger partial charge is 0.468 e. The summed E-state index contributed by atoms with van der Waals surface area (Å²) in [5.74, 6) is 4.22. The van der Waals surface area contributed by atoms with E-state index in [9.17, 15) is 9.59 Å². The lowest BCUT2D eigenvalue weighted by Crippen LogP contribution is -2.26. The van der Waals surface area contributed by atoms with E-state index in [2.05, 4.69) is 43.3 Å². The van der Waals surface area contributed by atoms with Gasteiger partial charge in [-0.15, -0.1) is 11.8 Å². The highest BCUT2D eigenvalue weighted by molar-refractivity contribution is 9.10. The predicted molar refractivity (Wildman–Crippen MR) is 91.6 cm³/mol. The molecule has 1 aromatic rings. The van der Waals surface area contributed by atoms with E-state index in [1.54, 1.807) is 0 Å². The van der Waals surface area contributed by atoms with E-state index < -0.39 is 17.9 Å². The van der Waals surface area contributed by atoms with Gasteiger partial charge in [0.15, 0.2) is 5.92 Å². The van der Waals surface area contributed by atoms with E-state index in [0.717, 1.165) is 17.3 Å². The van der Waals surface area contributed by atoms with Crippen LogP contribution in [0.5, 0.6) is 0 Å². The average Bonchev–Trinajstić information content (AvgIpc) is 2.57. The van der Waals surface area contributed by atoms with Crippen molar-refractivity contribution >= 4 is 27.9 Å². The second kappa shape index (κ2) is 10.8. The van der Waals surface area contributed by atoms with Crippen molar-refractivity contribution in [3.05, 3.63) is 34.3 Å². The van der Waals surface area contributed by atoms with Crippen molar-refractivity contribution in [3.8, 4) is 11.8 Å². The molecule has 0 aliphatic rings. The molecule has 0 bridgehead atoms. The molecule has 0 saturated carbocycles. The lowest BCUT2D eigenvalue weighted by molar-refractivity contribution is -0.159. The first kappa shape index (κ1) is 19.2. The van der Waals surface area contributed by atoms with Crippen molar-refractivity contribution in [1.29, 1.82) is 0 Å². The Labute approximate surface area is 145 Å². The van der Waals surface area contributed by atoms with Crippen molar-refractivity contribution in [2.45, 2.75) is 32.1 Å². The van der Waals surface area contributed by atoms with E-state index in [-0.39, 0.29) is 0 Å². The average molecular weight is 381 g/mol. The molecular formula is C18H21BrO4. The molecule has 23 heavy (non-hydrogen) atoms. The Morgan fingerprint density at radius 2 is 1.70 bits per heavy atom. The van der Waals surface area contributed by atoms with Crippen LogP contribution in [-0.4, -0.2) is 26.2 Å². The molecule has 0 aliphatic carbocycles. The van der Waals surface area contributed by atoms with Gasteiger partial charge in [-0.3, -0.25) is 9.59 Å². The van der Waals surface area contributed by atoms with E-state index in [0.29, 0.717) is 19.3 Å². The van der Waals surface area contributed by atoms with Crippen LogP contribution in [0, 0.1) is 17.8 Å². The van der Waals surface area contributed by atoms with Crippen molar-refractivity contribution in [3.63, 3.8) is 0 Å². The first-order valence-electron chi connectivity index (χ1n) is 7.45. The molecule has 1 aromatic carbocycles. The number of esters is 2. The minimum Gasteiger partial charge on any atom is -0.468 e. The minimum absolute atomic E-state index is 0.387. The number of aryl methyl sites for hydroxylation is 1. The molecule has 0 N–H and O–H groups in total. The Hall–Kier alpha value is -1.80. The molecule has 4 nitrogen and oxygen atoms in total. The van der Waals surface area contributed by atoms with Crippen LogP contribution in [0.2, 0.25) is 0 Å². The zero-order valence-corrected chi connectivity index (χ0v) is 15.0. The summed E-state index contributed by atoms with van der Waals surface area (Å²) in [5.41, 5.74) is 1.23. The monoisotopic (exact) mass is 380 g/mol. The van der Waals surface area contributed by atoms with Gasteiger partial charge < -0.3 is 9.47 Å². The minimum atomic E-state index is -0.855. The van der Waals surface area contributed by atoms with Crippen molar-refractivity contribution < 1.29 is 19.1 Å². The normalized spacial score (nSPS) is 9.91. The number of hydrogen-bond acceptors (Lipinski definition) is 4. The van der Waals surface area contributed by atoms with Gasteiger partial charge in [0.25, 0.3) is 0 Å². The second-order valence-electron chi connectivity index (χ2n) is 4.94. The van der Waals surface area contributed by atoms with Gasteiger partial charge >= 0.3 is 11.9 Å². The molecule has 0 fully saturated rings. The Morgan fingerprint density at radius 1 is 1.09 bits per heavy atom. The second-order valence-corrected chi connectivity index (χ2v) is 5.79. The van der Waals surface area contributed by atoms with Gasteiger partial charge in [-0.05, 0) is 30.9 Å². The Bertz CT molecular complexity index is 570. The van der Waals surface area contributed by atoms with E-state index in [4.69, 9.17) is 0 Å². The molecule has 0 heterocycles. The van der Waals surface area contributed by atoms with Crippen LogP contribution in [-0.2, 0) is 25.5 Å². The Balaban J connectivity index is 2.32. The molecule has 0 radical (unpaired) electrons. The van der Waals surface area contributed by atoms with Crippen LogP contribution in [0.3, 0.4) is 0 Å². The summed E-state index contributed by atoms with van der Waals surface area (Å²) in [5, 5.41) is 0. The van der Waals surface area contributed by atoms with Crippen LogP contribution in [0.25, 0.3) is 0 Å². The molecule has 0 unspecified atom stereocenters. The molecule has 124 valence electrons. The van der Waals surface area contributed by atoms with Gasteiger partial charge in [-0.2, -0.15) is 0 Å². The molecule has 0 aliphatic heterocycles. The summed E-state index contributed by atoms with van der Waals surface area (Å²) in [6.07, 6.45) is 3.34. The number of hydrogen-bond donors (Lipinski definition) is 0. The molecule has 0 amide bonds. The SMILES string of the molecule is COC(=O)C(CCCC#CCCc1ccccc1Br)C(=O)OC. The standard InChI is InChI=1S/C18H21BrO4/c1-22-17(20)15(18(21)23-2)12-7-5-3-4-6-10-14-11-8-9-13-16(14)19/h8-9,11,13,15H,5-7,10,12H2,1-2H3. The van der Waals surface area contributed by atoms with E-state index in [1.807, 2.05) is 18.2 Å². The highest BCUT2D eigenvalue weighted by atomic mass is 79.9. The van der Waals surface area contributed by atoms with Crippen LogP contribution in [0.4, 0.5) is 0 Å². The third kappa shape index (κ3) is 6.87. The van der Waals surface area contributed by atoms with Crippen molar-refractivity contribution in [2.75, 3.05) is 14.2 Å². The fourth-order valence-electron chi connectivity index (χ4n) is 2.09. The van der Waals surface area contributed by atoms with E-state index >= 15 is 0 Å². The van der Waals surface area contributed by atoms with Gasteiger partial charge in [0.05, 0.1) is 14.2 Å². The van der Waals surface area contributed by atoms with Gasteiger partial charge in [-0.1, -0.05) is 34.1 Å². The number of rotatable bonds is 7. The van der Waals surface area contributed by atoms with Gasteiger partial charge in [-0.25, -0.2) is 0 Å². The summed E-state index contributed by atoms with van der Waals surface area (Å²) in [6.45, 7) is 0.